The third kappa shape index (κ3) is 4.95. The van der Waals surface area contributed by atoms with Gasteiger partial charge in [-0.1, -0.05) is 12.1 Å². The molecule has 1 saturated heterocycles. The molecule has 1 aromatic carbocycles. The number of hydrogen-bond donors (Lipinski definition) is 2. The van der Waals surface area contributed by atoms with Crippen LogP contribution in [0.1, 0.15) is 24.8 Å². The van der Waals surface area contributed by atoms with Crippen molar-refractivity contribution in [3.05, 3.63) is 29.8 Å². The van der Waals surface area contributed by atoms with Gasteiger partial charge in [-0.25, -0.2) is 0 Å². The first-order valence-corrected chi connectivity index (χ1v) is 8.97. The third-order valence-corrected chi connectivity index (χ3v) is 4.84. The zero-order chi connectivity index (χ0) is 17.6. The van der Waals surface area contributed by atoms with Crippen molar-refractivity contribution in [2.24, 2.45) is 11.8 Å². The summed E-state index contributed by atoms with van der Waals surface area (Å²) >= 11 is 0. The van der Waals surface area contributed by atoms with E-state index in [-0.39, 0.29) is 29.8 Å². The van der Waals surface area contributed by atoms with Gasteiger partial charge in [0.25, 0.3) is 0 Å². The summed E-state index contributed by atoms with van der Waals surface area (Å²) in [5, 5.41) is 5.84. The highest BCUT2D eigenvalue weighted by Gasteiger charge is 2.47. The van der Waals surface area contributed by atoms with Crippen LogP contribution in [0.4, 0.5) is 0 Å². The van der Waals surface area contributed by atoms with Crippen molar-refractivity contribution in [1.29, 1.82) is 0 Å². The topological polar surface area (TPSA) is 76.7 Å². The molecule has 2 aliphatic rings. The monoisotopic (exact) mass is 346 g/mol. The molecule has 0 spiro atoms. The Bertz CT molecular complexity index is 613. The molecule has 2 fully saturated rings. The van der Waals surface area contributed by atoms with E-state index in [4.69, 9.17) is 9.47 Å². The molecule has 1 saturated carbocycles. The maximum absolute atomic E-state index is 12.2. The Balaban J connectivity index is 1.34. The normalized spacial score (nSPS) is 24.6. The fraction of sp³-hybridized carbons (Fsp3) is 0.579. The third-order valence-electron chi connectivity index (χ3n) is 4.84. The van der Waals surface area contributed by atoms with Gasteiger partial charge < -0.3 is 20.1 Å². The summed E-state index contributed by atoms with van der Waals surface area (Å²) in [6, 6.07) is 7.80. The second kappa shape index (κ2) is 8.34. The molecule has 1 aromatic rings. The van der Waals surface area contributed by atoms with Crippen molar-refractivity contribution in [2.45, 2.75) is 31.8 Å². The molecular weight excluding hydrogens is 320 g/mol. The van der Waals surface area contributed by atoms with Gasteiger partial charge in [0, 0.05) is 19.7 Å². The van der Waals surface area contributed by atoms with E-state index in [9.17, 15) is 9.59 Å². The molecule has 3 unspecified atom stereocenters. The smallest absolute Gasteiger partial charge is 0.224 e. The van der Waals surface area contributed by atoms with Gasteiger partial charge in [0.05, 0.1) is 25.0 Å². The lowest BCUT2D eigenvalue weighted by Gasteiger charge is -2.10. The first-order valence-electron chi connectivity index (χ1n) is 8.97. The van der Waals surface area contributed by atoms with E-state index in [2.05, 4.69) is 10.6 Å². The molecule has 6 heteroatoms. The van der Waals surface area contributed by atoms with E-state index >= 15 is 0 Å². The lowest BCUT2D eigenvalue weighted by Crippen LogP contribution is -2.35. The summed E-state index contributed by atoms with van der Waals surface area (Å²) in [6.07, 6.45) is 3.58. The van der Waals surface area contributed by atoms with Crippen molar-refractivity contribution >= 4 is 11.8 Å². The Morgan fingerprint density at radius 3 is 2.76 bits per heavy atom. The molecular formula is C19H26N2O4. The second-order valence-corrected chi connectivity index (χ2v) is 6.72. The van der Waals surface area contributed by atoms with Gasteiger partial charge in [-0.3, -0.25) is 9.59 Å². The highest BCUT2D eigenvalue weighted by Crippen LogP contribution is 2.38. The van der Waals surface area contributed by atoms with Gasteiger partial charge in [0.1, 0.15) is 5.75 Å². The molecule has 1 aliphatic heterocycles. The molecule has 0 bridgehead atoms. The van der Waals surface area contributed by atoms with E-state index in [1.165, 1.54) is 0 Å². The zero-order valence-electron chi connectivity index (χ0n) is 14.6. The molecule has 0 aromatic heterocycles. The van der Waals surface area contributed by atoms with Crippen molar-refractivity contribution in [3.8, 4) is 5.75 Å². The summed E-state index contributed by atoms with van der Waals surface area (Å²) in [6.45, 7) is 1.90. The maximum Gasteiger partial charge on any atom is 0.224 e. The van der Waals surface area contributed by atoms with Crippen LogP contribution in [-0.2, 0) is 20.7 Å². The van der Waals surface area contributed by atoms with Gasteiger partial charge in [0.15, 0.2) is 0 Å². The summed E-state index contributed by atoms with van der Waals surface area (Å²) in [4.78, 5) is 24.2. The highest BCUT2D eigenvalue weighted by atomic mass is 16.5. The lowest BCUT2D eigenvalue weighted by atomic mass is 10.1. The summed E-state index contributed by atoms with van der Waals surface area (Å²) in [5.74, 6) is 0.394. The lowest BCUT2D eigenvalue weighted by molar-refractivity contribution is -0.127. The minimum absolute atomic E-state index is 0.0246. The van der Waals surface area contributed by atoms with Crippen LogP contribution in [-0.4, -0.2) is 44.7 Å². The minimum atomic E-state index is -0.185. The van der Waals surface area contributed by atoms with Crippen LogP contribution in [0.25, 0.3) is 0 Å². The van der Waals surface area contributed by atoms with E-state index in [0.29, 0.717) is 19.5 Å². The van der Waals surface area contributed by atoms with E-state index in [0.717, 1.165) is 37.2 Å². The van der Waals surface area contributed by atoms with E-state index < -0.39 is 0 Å². The number of benzene rings is 1. The summed E-state index contributed by atoms with van der Waals surface area (Å²) in [5.41, 5.74) is 1.11. The SMILES string of the molecule is COc1cccc(CCNC(=O)C2CC2C(=O)NCC2CCCO2)c1. The molecule has 1 heterocycles. The molecule has 25 heavy (non-hydrogen) atoms. The molecule has 1 aliphatic carbocycles. The fourth-order valence-corrected chi connectivity index (χ4v) is 3.21. The predicted molar refractivity (Wildman–Crippen MR) is 93.3 cm³/mol. The largest absolute Gasteiger partial charge is 0.497 e. The van der Waals surface area contributed by atoms with Gasteiger partial charge in [-0.2, -0.15) is 0 Å². The highest BCUT2D eigenvalue weighted by molar-refractivity contribution is 5.92. The summed E-state index contributed by atoms with van der Waals surface area (Å²) < 4.78 is 10.7. The number of hydrogen-bond acceptors (Lipinski definition) is 4. The van der Waals surface area contributed by atoms with Gasteiger partial charge >= 0.3 is 0 Å². The summed E-state index contributed by atoms with van der Waals surface area (Å²) in [7, 11) is 1.64. The Morgan fingerprint density at radius 2 is 2.04 bits per heavy atom. The minimum Gasteiger partial charge on any atom is -0.497 e. The Kier molecular flexibility index (Phi) is 5.91. The van der Waals surface area contributed by atoms with E-state index in [1.54, 1.807) is 7.11 Å². The number of carbonyl (C=O) groups excluding carboxylic acids is 2. The molecule has 136 valence electrons. The predicted octanol–water partition coefficient (Wildman–Crippen LogP) is 1.29. The molecule has 6 nitrogen and oxygen atoms in total. The molecule has 3 atom stereocenters. The zero-order valence-corrected chi connectivity index (χ0v) is 14.6. The van der Waals surface area contributed by atoms with Gasteiger partial charge in [-0.05, 0) is 43.4 Å². The average molecular weight is 346 g/mol. The Hall–Kier alpha value is -2.08. The van der Waals surface area contributed by atoms with Crippen LogP contribution in [0.3, 0.4) is 0 Å². The van der Waals surface area contributed by atoms with Gasteiger partial charge in [0.2, 0.25) is 11.8 Å². The number of ether oxygens (including phenoxy) is 2. The van der Waals surface area contributed by atoms with Crippen LogP contribution in [0.5, 0.6) is 5.75 Å². The van der Waals surface area contributed by atoms with E-state index in [1.807, 2.05) is 24.3 Å². The average Bonchev–Trinajstić information content (AvgIpc) is 3.27. The number of rotatable bonds is 8. The Morgan fingerprint density at radius 1 is 1.24 bits per heavy atom. The first kappa shape index (κ1) is 17.7. The second-order valence-electron chi connectivity index (χ2n) is 6.72. The number of amides is 2. The van der Waals surface area contributed by atoms with Crippen LogP contribution >= 0.6 is 0 Å². The molecule has 2 N–H and O–H groups in total. The first-order chi connectivity index (χ1) is 12.2. The van der Waals surface area contributed by atoms with Crippen molar-refractivity contribution in [3.63, 3.8) is 0 Å². The standard InChI is InChI=1S/C19H26N2O4/c1-24-14-5-2-4-13(10-14)7-8-20-18(22)16-11-17(16)19(23)21-12-15-6-3-9-25-15/h2,4-5,10,15-17H,3,6-9,11-12H2,1H3,(H,20,22)(H,21,23). The number of nitrogens with one attached hydrogen (secondary N) is 2. The number of methoxy groups -OCH3 is 1. The Labute approximate surface area is 148 Å². The van der Waals surface area contributed by atoms with Crippen molar-refractivity contribution in [2.75, 3.05) is 26.8 Å². The van der Waals surface area contributed by atoms with Crippen LogP contribution < -0.4 is 15.4 Å². The fourth-order valence-electron chi connectivity index (χ4n) is 3.21. The van der Waals surface area contributed by atoms with Crippen molar-refractivity contribution < 1.29 is 19.1 Å². The van der Waals surface area contributed by atoms with Gasteiger partial charge in [-0.15, -0.1) is 0 Å². The quantitative estimate of drug-likeness (QED) is 0.744. The van der Waals surface area contributed by atoms with Crippen LogP contribution in [0.2, 0.25) is 0 Å². The van der Waals surface area contributed by atoms with Crippen LogP contribution in [0, 0.1) is 11.8 Å². The van der Waals surface area contributed by atoms with Crippen molar-refractivity contribution in [1.82, 2.24) is 10.6 Å². The molecule has 2 amide bonds. The number of carbonyl (C=O) groups is 2. The molecule has 0 radical (unpaired) electrons. The maximum atomic E-state index is 12.2. The molecule has 3 rings (SSSR count). The van der Waals surface area contributed by atoms with Crippen LogP contribution in [0.15, 0.2) is 24.3 Å².